The molecule has 2 heterocycles. The number of fused-ring (bicyclic) bond motifs is 2. The summed E-state index contributed by atoms with van der Waals surface area (Å²) in [6, 6.07) is 10.5. The van der Waals surface area contributed by atoms with E-state index in [1.807, 2.05) is 0 Å². The topological polar surface area (TPSA) is 79.2 Å². The molecular weight excluding hydrogens is 318 g/mol. The fraction of sp³-hybridized carbons (Fsp3) is 0.125. The average molecular weight is 330 g/mol. The molecule has 0 atom stereocenters. The van der Waals surface area contributed by atoms with E-state index < -0.39 is 0 Å². The van der Waals surface area contributed by atoms with Gasteiger partial charge in [-0.1, -0.05) is 11.6 Å². The first-order valence-electron chi connectivity index (χ1n) is 7.02. The smallest absolute Gasteiger partial charge is 0.218 e. The lowest BCUT2D eigenvalue weighted by atomic mass is 10.2. The predicted octanol–water partition coefficient (Wildman–Crippen LogP) is 4.71. The summed E-state index contributed by atoms with van der Waals surface area (Å²) < 4.78 is 11.1. The van der Waals surface area contributed by atoms with Crippen LogP contribution < -0.4 is 9.47 Å². The minimum Gasteiger partial charge on any atom is -0.493 e. The van der Waals surface area contributed by atoms with Crippen molar-refractivity contribution in [1.29, 1.82) is 0 Å². The number of halogens is 1. The number of aromatic amines is 1. The molecule has 0 spiro atoms. The number of H-pyrrole nitrogens is 1. The number of aromatic hydroxyl groups is 1. The third-order valence-corrected chi connectivity index (χ3v) is 3.76. The number of benzene rings is 2. The molecule has 0 radical (unpaired) electrons. The second kappa shape index (κ2) is 5.48. The van der Waals surface area contributed by atoms with E-state index in [9.17, 15) is 5.11 Å². The lowest BCUT2D eigenvalue weighted by Crippen LogP contribution is -2.15. The van der Waals surface area contributed by atoms with Crippen LogP contribution in [0.3, 0.4) is 0 Å². The number of aromatic nitrogens is 1. The summed E-state index contributed by atoms with van der Waals surface area (Å²) in [6.07, 6.45) is 0. The molecule has 1 aliphatic rings. The van der Waals surface area contributed by atoms with E-state index in [4.69, 9.17) is 21.1 Å². The second-order valence-electron chi connectivity index (χ2n) is 5.04. The zero-order chi connectivity index (χ0) is 15.8. The quantitative estimate of drug-likeness (QED) is 0.668. The van der Waals surface area contributed by atoms with Gasteiger partial charge in [0.2, 0.25) is 5.88 Å². The predicted molar refractivity (Wildman–Crippen MR) is 86.6 cm³/mol. The molecule has 0 amide bonds. The zero-order valence-electron chi connectivity index (χ0n) is 11.9. The SMILES string of the molecule is Oc1[nH]c2cc3c(cc2c1N=Nc1ccc(Cl)cc1)OCCO3. The molecule has 0 fully saturated rings. The van der Waals surface area contributed by atoms with Gasteiger partial charge in [0.1, 0.15) is 13.2 Å². The Labute approximate surface area is 136 Å². The van der Waals surface area contributed by atoms with Gasteiger partial charge in [0, 0.05) is 16.5 Å². The molecule has 7 heteroatoms. The van der Waals surface area contributed by atoms with E-state index in [1.54, 1.807) is 36.4 Å². The van der Waals surface area contributed by atoms with Crippen LogP contribution in [-0.2, 0) is 0 Å². The molecule has 1 aromatic heterocycles. The summed E-state index contributed by atoms with van der Waals surface area (Å²) in [4.78, 5) is 2.87. The average Bonchev–Trinajstić information content (AvgIpc) is 2.86. The van der Waals surface area contributed by atoms with Gasteiger partial charge in [0.05, 0.1) is 11.2 Å². The Balaban J connectivity index is 1.77. The van der Waals surface area contributed by atoms with Crippen molar-refractivity contribution in [3.8, 4) is 17.4 Å². The second-order valence-corrected chi connectivity index (χ2v) is 5.48. The monoisotopic (exact) mass is 329 g/mol. The number of azo groups is 1. The molecule has 3 aromatic rings. The molecule has 2 N–H and O–H groups in total. The molecule has 6 nitrogen and oxygen atoms in total. The molecule has 0 saturated heterocycles. The number of hydrogen-bond donors (Lipinski definition) is 2. The molecule has 4 rings (SSSR count). The summed E-state index contributed by atoms with van der Waals surface area (Å²) in [6.45, 7) is 1.00. The van der Waals surface area contributed by atoms with E-state index >= 15 is 0 Å². The molecule has 0 bridgehead atoms. The molecule has 0 aliphatic carbocycles. The first-order valence-corrected chi connectivity index (χ1v) is 7.40. The molecule has 116 valence electrons. The van der Waals surface area contributed by atoms with Crippen molar-refractivity contribution in [2.24, 2.45) is 10.2 Å². The molecule has 1 aliphatic heterocycles. The van der Waals surface area contributed by atoms with Crippen LogP contribution in [-0.4, -0.2) is 23.3 Å². The van der Waals surface area contributed by atoms with Crippen LogP contribution in [0.1, 0.15) is 0 Å². The van der Waals surface area contributed by atoms with Crippen molar-refractivity contribution < 1.29 is 14.6 Å². The molecule has 0 unspecified atom stereocenters. The van der Waals surface area contributed by atoms with E-state index in [0.29, 0.717) is 52.0 Å². The van der Waals surface area contributed by atoms with Gasteiger partial charge in [-0.3, -0.25) is 0 Å². The molecular formula is C16H12ClN3O3. The maximum atomic E-state index is 10.1. The lowest BCUT2D eigenvalue weighted by Gasteiger charge is -2.18. The number of rotatable bonds is 2. The van der Waals surface area contributed by atoms with E-state index in [2.05, 4.69) is 15.2 Å². The van der Waals surface area contributed by atoms with Crippen LogP contribution in [0.15, 0.2) is 46.6 Å². The zero-order valence-corrected chi connectivity index (χ0v) is 12.7. The Morgan fingerprint density at radius 1 is 1.00 bits per heavy atom. The standard InChI is InChI=1S/C16H12ClN3O3/c17-9-1-3-10(4-2-9)19-20-15-11-7-13-14(23-6-5-22-13)8-12(11)18-16(15)21/h1-4,7-8,18,21H,5-6H2. The summed E-state index contributed by atoms with van der Waals surface area (Å²) >= 11 is 5.84. The number of hydrogen-bond acceptors (Lipinski definition) is 5. The van der Waals surface area contributed by atoms with Crippen molar-refractivity contribution in [1.82, 2.24) is 4.98 Å². The van der Waals surface area contributed by atoms with Crippen molar-refractivity contribution in [3.05, 3.63) is 41.4 Å². The third kappa shape index (κ3) is 2.57. The van der Waals surface area contributed by atoms with Crippen LogP contribution in [0, 0.1) is 0 Å². The molecule has 23 heavy (non-hydrogen) atoms. The first-order chi connectivity index (χ1) is 11.2. The highest BCUT2D eigenvalue weighted by Gasteiger charge is 2.18. The van der Waals surface area contributed by atoms with Crippen LogP contribution >= 0.6 is 11.6 Å². The maximum absolute atomic E-state index is 10.1. The minimum atomic E-state index is -0.0555. The van der Waals surface area contributed by atoms with Gasteiger partial charge >= 0.3 is 0 Å². The Morgan fingerprint density at radius 3 is 2.43 bits per heavy atom. The fourth-order valence-corrected chi connectivity index (χ4v) is 2.55. The number of nitrogens with zero attached hydrogens (tertiary/aromatic N) is 2. The molecule has 2 aromatic carbocycles. The Hall–Kier alpha value is -2.73. The largest absolute Gasteiger partial charge is 0.493 e. The Morgan fingerprint density at radius 2 is 1.70 bits per heavy atom. The van der Waals surface area contributed by atoms with E-state index in [0.717, 1.165) is 0 Å². The number of nitrogens with one attached hydrogen (secondary N) is 1. The van der Waals surface area contributed by atoms with Gasteiger partial charge in [-0.15, -0.1) is 5.11 Å². The summed E-state index contributed by atoms with van der Waals surface area (Å²) in [7, 11) is 0. The van der Waals surface area contributed by atoms with Crippen molar-refractivity contribution in [3.63, 3.8) is 0 Å². The van der Waals surface area contributed by atoms with Crippen LogP contribution in [0.5, 0.6) is 17.4 Å². The Bertz CT molecular complexity index is 903. The van der Waals surface area contributed by atoms with Gasteiger partial charge in [-0.25, -0.2) is 0 Å². The summed E-state index contributed by atoms with van der Waals surface area (Å²) in [5.74, 6) is 1.22. The van der Waals surface area contributed by atoms with E-state index in [1.165, 1.54) is 0 Å². The fourth-order valence-electron chi connectivity index (χ4n) is 2.42. The highest BCUT2D eigenvalue weighted by molar-refractivity contribution is 6.30. The molecule has 0 saturated carbocycles. The van der Waals surface area contributed by atoms with Gasteiger partial charge in [0.25, 0.3) is 0 Å². The van der Waals surface area contributed by atoms with Gasteiger partial charge in [0.15, 0.2) is 17.2 Å². The Kier molecular flexibility index (Phi) is 3.31. The summed E-state index contributed by atoms with van der Waals surface area (Å²) in [5.41, 5.74) is 1.70. The summed E-state index contributed by atoms with van der Waals surface area (Å²) in [5, 5.41) is 19.7. The highest BCUT2D eigenvalue weighted by atomic mass is 35.5. The maximum Gasteiger partial charge on any atom is 0.218 e. The number of ether oxygens (including phenoxy) is 2. The van der Waals surface area contributed by atoms with Crippen LogP contribution in [0.25, 0.3) is 10.9 Å². The third-order valence-electron chi connectivity index (χ3n) is 3.51. The highest BCUT2D eigenvalue weighted by Crippen LogP contribution is 2.42. The van der Waals surface area contributed by atoms with Crippen LogP contribution in [0.2, 0.25) is 5.02 Å². The van der Waals surface area contributed by atoms with Crippen molar-refractivity contribution in [2.75, 3.05) is 13.2 Å². The van der Waals surface area contributed by atoms with Gasteiger partial charge in [-0.2, -0.15) is 5.11 Å². The van der Waals surface area contributed by atoms with Crippen molar-refractivity contribution >= 4 is 33.9 Å². The lowest BCUT2D eigenvalue weighted by molar-refractivity contribution is 0.172. The van der Waals surface area contributed by atoms with E-state index in [-0.39, 0.29) is 5.88 Å². The van der Waals surface area contributed by atoms with Gasteiger partial charge in [-0.05, 0) is 30.3 Å². The van der Waals surface area contributed by atoms with Crippen molar-refractivity contribution in [2.45, 2.75) is 0 Å². The van der Waals surface area contributed by atoms with Crippen LogP contribution in [0.4, 0.5) is 11.4 Å². The first kappa shape index (κ1) is 13.9. The van der Waals surface area contributed by atoms with Gasteiger partial charge < -0.3 is 19.6 Å². The normalized spacial score (nSPS) is 13.8. The minimum absolute atomic E-state index is 0.0555.